The molecular weight excluding hydrogens is 801 g/mol. The molecule has 66 heavy (non-hydrogen) atoms. The zero-order valence-corrected chi connectivity index (χ0v) is 36.3. The second-order valence-electron chi connectivity index (χ2n) is 17.9. The summed E-state index contributed by atoms with van der Waals surface area (Å²) in [6, 6.07) is 78.4. The average Bonchev–Trinajstić information content (AvgIpc) is 3.89. The minimum absolute atomic E-state index is 0.0140. The van der Waals surface area contributed by atoms with Crippen LogP contribution in [0.4, 0.5) is 0 Å². The fourth-order valence-electron chi connectivity index (χ4n) is 11.5. The highest BCUT2D eigenvalue weighted by Crippen LogP contribution is 2.49. The summed E-state index contributed by atoms with van der Waals surface area (Å²) in [5.74, 6) is 0. The molecular formula is C62H44N4. The molecule has 1 aliphatic heterocycles. The lowest BCUT2D eigenvalue weighted by atomic mass is 9.90. The van der Waals surface area contributed by atoms with Crippen molar-refractivity contribution in [2.75, 3.05) is 0 Å². The molecule has 4 nitrogen and oxygen atoms in total. The van der Waals surface area contributed by atoms with Gasteiger partial charge in [-0.15, -0.1) is 0 Å². The average molecular weight is 845 g/mol. The number of allylic oxidation sites excluding steroid dienone is 3. The first-order chi connectivity index (χ1) is 32.8. The van der Waals surface area contributed by atoms with Gasteiger partial charge in [0, 0.05) is 43.9 Å². The normalized spacial score (nSPS) is 16.5. The van der Waals surface area contributed by atoms with E-state index >= 15 is 0 Å². The monoisotopic (exact) mass is 844 g/mol. The first-order valence-corrected chi connectivity index (χ1v) is 23.2. The quantitative estimate of drug-likeness (QED) is 0.180. The molecule has 0 radical (unpaired) electrons. The van der Waals surface area contributed by atoms with Gasteiger partial charge in [-0.25, -0.2) is 0 Å². The number of hydrogen-bond donors (Lipinski definition) is 1. The number of para-hydroxylation sites is 2. The van der Waals surface area contributed by atoms with Crippen molar-refractivity contribution in [2.24, 2.45) is 0 Å². The van der Waals surface area contributed by atoms with E-state index in [9.17, 15) is 0 Å². The third kappa shape index (κ3) is 5.49. The highest BCUT2D eigenvalue weighted by Gasteiger charge is 2.42. The predicted molar refractivity (Wildman–Crippen MR) is 276 cm³/mol. The Morgan fingerprint density at radius 3 is 1.79 bits per heavy atom. The number of nitrogens with one attached hydrogen (secondary N) is 1. The Kier molecular flexibility index (Phi) is 8.28. The third-order valence-corrected chi connectivity index (χ3v) is 14.4. The first-order valence-electron chi connectivity index (χ1n) is 23.2. The fraction of sp³-hybridized carbons (Fsp3) is 0.0645. The molecule has 1 fully saturated rings. The van der Waals surface area contributed by atoms with Crippen LogP contribution in [0.3, 0.4) is 0 Å². The van der Waals surface area contributed by atoms with Crippen LogP contribution >= 0.6 is 0 Å². The summed E-state index contributed by atoms with van der Waals surface area (Å²) in [4.78, 5) is 2.63. The van der Waals surface area contributed by atoms with Gasteiger partial charge in [0.15, 0.2) is 0 Å². The molecule has 0 spiro atoms. The molecule has 12 aromatic rings. The molecule has 0 bridgehead atoms. The van der Waals surface area contributed by atoms with Crippen molar-refractivity contribution in [1.29, 1.82) is 0 Å². The molecule has 3 heterocycles. The van der Waals surface area contributed by atoms with E-state index in [1.165, 1.54) is 110 Å². The van der Waals surface area contributed by atoms with E-state index in [-0.39, 0.29) is 12.3 Å². The summed E-state index contributed by atoms with van der Waals surface area (Å²) in [5.41, 5.74) is 13.5. The van der Waals surface area contributed by atoms with Gasteiger partial charge in [-0.05, 0) is 92.9 Å². The summed E-state index contributed by atoms with van der Waals surface area (Å²) in [6.45, 7) is 0. The van der Waals surface area contributed by atoms with Gasteiger partial charge in [-0.2, -0.15) is 0 Å². The number of hydrogen-bond acceptors (Lipinski definition) is 2. The molecule has 1 N–H and O–H groups in total. The number of rotatable bonds is 6. The van der Waals surface area contributed by atoms with Crippen LogP contribution in [0.2, 0.25) is 0 Å². The van der Waals surface area contributed by atoms with Crippen LogP contribution in [-0.4, -0.2) is 14.0 Å². The summed E-state index contributed by atoms with van der Waals surface area (Å²) < 4.78 is 5.03. The van der Waals surface area contributed by atoms with Gasteiger partial charge in [-0.3, -0.25) is 5.32 Å². The summed E-state index contributed by atoms with van der Waals surface area (Å²) in [5, 5.41) is 16.6. The zero-order valence-electron chi connectivity index (χ0n) is 36.3. The Balaban J connectivity index is 0.948. The lowest BCUT2D eigenvalue weighted by molar-refractivity contribution is 0.00881. The van der Waals surface area contributed by atoms with Crippen molar-refractivity contribution in [3.63, 3.8) is 0 Å². The molecule has 4 heteroatoms. The van der Waals surface area contributed by atoms with Gasteiger partial charge in [-0.1, -0.05) is 188 Å². The fourth-order valence-corrected chi connectivity index (χ4v) is 11.5. The van der Waals surface area contributed by atoms with Crippen LogP contribution in [0, 0.1) is 0 Å². The summed E-state index contributed by atoms with van der Waals surface area (Å²) in [6.07, 6.45) is 6.95. The van der Waals surface area contributed by atoms with Gasteiger partial charge >= 0.3 is 0 Å². The lowest BCUT2D eigenvalue weighted by Crippen LogP contribution is -2.56. The molecule has 1 aliphatic carbocycles. The Morgan fingerprint density at radius 1 is 0.394 bits per heavy atom. The topological polar surface area (TPSA) is 25.1 Å². The molecule has 1 saturated heterocycles. The Hall–Kier alpha value is -8.18. The second-order valence-corrected chi connectivity index (χ2v) is 17.9. The van der Waals surface area contributed by atoms with Gasteiger partial charge in [0.2, 0.25) is 0 Å². The van der Waals surface area contributed by atoms with E-state index in [2.05, 4.69) is 244 Å². The van der Waals surface area contributed by atoms with Crippen molar-refractivity contribution in [2.45, 2.75) is 25.2 Å². The zero-order chi connectivity index (χ0) is 43.3. The van der Waals surface area contributed by atoms with E-state index in [0.29, 0.717) is 0 Å². The minimum atomic E-state index is -0.0143. The van der Waals surface area contributed by atoms with Crippen molar-refractivity contribution < 1.29 is 0 Å². The predicted octanol–water partition coefficient (Wildman–Crippen LogP) is 15.7. The number of nitrogens with zero attached hydrogens (tertiary/aromatic N) is 3. The highest BCUT2D eigenvalue weighted by atomic mass is 15.5. The Bertz CT molecular complexity index is 3980. The molecule has 2 unspecified atom stereocenters. The van der Waals surface area contributed by atoms with E-state index in [0.717, 1.165) is 18.5 Å². The number of benzene rings is 10. The molecule has 14 rings (SSSR count). The van der Waals surface area contributed by atoms with E-state index in [1.54, 1.807) is 0 Å². The molecule has 2 atom stereocenters. The SMILES string of the molecule is C1=C(c2ccccc2)C(N2C(c3ccc(-n4c5ccccc5c5c(-n6c7ccccc7c7c8ccccc8ccc76)c6ccccc6cc54)cc3)NC2c2cccc3ccccc23)=CCC1. The van der Waals surface area contributed by atoms with Crippen molar-refractivity contribution >= 4 is 81.5 Å². The lowest BCUT2D eigenvalue weighted by Gasteiger charge is -2.53. The van der Waals surface area contributed by atoms with Crippen LogP contribution in [0.1, 0.15) is 41.9 Å². The van der Waals surface area contributed by atoms with Crippen LogP contribution < -0.4 is 5.32 Å². The molecule has 2 aromatic heterocycles. The number of fused-ring (bicyclic) bond motifs is 10. The largest absolute Gasteiger partial charge is 0.332 e. The van der Waals surface area contributed by atoms with Gasteiger partial charge in [0.05, 0.1) is 27.8 Å². The Morgan fingerprint density at radius 2 is 1.00 bits per heavy atom. The highest BCUT2D eigenvalue weighted by molar-refractivity contribution is 6.25. The third-order valence-electron chi connectivity index (χ3n) is 14.4. The molecule has 0 amide bonds. The van der Waals surface area contributed by atoms with Crippen LogP contribution in [-0.2, 0) is 0 Å². The smallest absolute Gasteiger partial charge is 0.110 e. The maximum absolute atomic E-state index is 4.07. The van der Waals surface area contributed by atoms with Crippen LogP contribution in [0.25, 0.3) is 92.9 Å². The maximum Gasteiger partial charge on any atom is 0.110 e. The minimum Gasteiger partial charge on any atom is -0.332 e. The maximum atomic E-state index is 4.07. The standard InChI is InChI=1S/C62H44N4/c1-2-17-41(18-3-1)47-24-10-13-30-53(47)66-61(63-62(66)50-29-16-22-40-19-4-7-23-46(40)50)43-33-36-45(37-34-43)64-54-31-14-12-28-52(54)59-57(64)39-44-21-6-9-26-49(44)60(59)65-55-32-15-11-27-51(55)58-48-25-8-5-20-42(48)35-38-56(58)65/h1-9,11-12,14-39,61-63H,10,13H2. The first kappa shape index (κ1) is 37.2. The van der Waals surface area contributed by atoms with Crippen LogP contribution in [0.5, 0.6) is 0 Å². The second kappa shape index (κ2) is 14.7. The summed E-state index contributed by atoms with van der Waals surface area (Å²) >= 11 is 0. The van der Waals surface area contributed by atoms with Crippen molar-refractivity contribution in [3.8, 4) is 11.4 Å². The molecule has 312 valence electrons. The van der Waals surface area contributed by atoms with Gasteiger partial charge in [0.25, 0.3) is 0 Å². The number of aromatic nitrogens is 2. The van der Waals surface area contributed by atoms with E-state index in [4.69, 9.17) is 0 Å². The summed E-state index contributed by atoms with van der Waals surface area (Å²) in [7, 11) is 0. The van der Waals surface area contributed by atoms with Crippen molar-refractivity contribution in [3.05, 3.63) is 247 Å². The van der Waals surface area contributed by atoms with Crippen molar-refractivity contribution in [1.82, 2.24) is 19.4 Å². The molecule has 0 saturated carbocycles. The Labute approximate surface area is 382 Å². The van der Waals surface area contributed by atoms with Gasteiger partial charge < -0.3 is 14.0 Å². The van der Waals surface area contributed by atoms with E-state index < -0.39 is 0 Å². The van der Waals surface area contributed by atoms with Crippen LogP contribution in [0.15, 0.2) is 230 Å². The molecule has 2 aliphatic rings. The van der Waals surface area contributed by atoms with E-state index in [1.807, 2.05) is 0 Å². The van der Waals surface area contributed by atoms with Gasteiger partial charge in [0.1, 0.15) is 12.3 Å². The molecule has 10 aromatic carbocycles.